The Bertz CT molecular complexity index is 1260. The zero-order chi connectivity index (χ0) is 26.3. The lowest BCUT2D eigenvalue weighted by atomic mass is 9.87. The molecule has 2 heterocycles. The summed E-state index contributed by atoms with van der Waals surface area (Å²) in [5.41, 5.74) is 5.05. The van der Waals surface area contributed by atoms with Gasteiger partial charge in [0.15, 0.2) is 0 Å². The number of hydrogen-bond acceptors (Lipinski definition) is 4. The second kappa shape index (κ2) is 9.88. The number of nitrogens with one attached hydrogen (secondary N) is 2. The number of carbonyl (C=O) groups excluding carboxylic acids is 3. The van der Waals surface area contributed by atoms with Crippen molar-refractivity contribution < 1.29 is 24.3 Å². The number of likely N-dealkylation sites (N-methyl/N-ethyl adjacent to an activating group) is 1. The van der Waals surface area contributed by atoms with E-state index in [1.807, 2.05) is 30.3 Å². The van der Waals surface area contributed by atoms with Gasteiger partial charge in [0.1, 0.15) is 18.1 Å². The van der Waals surface area contributed by atoms with Gasteiger partial charge in [0.2, 0.25) is 17.7 Å². The first-order valence-corrected chi connectivity index (χ1v) is 12.8. The summed E-state index contributed by atoms with van der Waals surface area (Å²) in [7, 11) is 1.31. The van der Waals surface area contributed by atoms with Crippen LogP contribution in [0.1, 0.15) is 54.5 Å². The average molecular weight is 505 g/mol. The van der Waals surface area contributed by atoms with E-state index >= 15 is 0 Å². The first-order chi connectivity index (χ1) is 17.8. The predicted molar refractivity (Wildman–Crippen MR) is 137 cm³/mol. The smallest absolute Gasteiger partial charge is 0.407 e. The van der Waals surface area contributed by atoms with Gasteiger partial charge < -0.3 is 15.7 Å². The van der Waals surface area contributed by atoms with E-state index in [4.69, 9.17) is 0 Å². The predicted octanol–water partition coefficient (Wildman–Crippen LogP) is 2.57. The summed E-state index contributed by atoms with van der Waals surface area (Å²) in [5.74, 6) is -1.09. The van der Waals surface area contributed by atoms with E-state index in [0.29, 0.717) is 19.3 Å². The average Bonchev–Trinajstić information content (AvgIpc) is 3.24. The van der Waals surface area contributed by atoms with Crippen LogP contribution >= 0.6 is 0 Å². The molecular formula is C28H32N4O5. The maximum absolute atomic E-state index is 13.8. The van der Waals surface area contributed by atoms with E-state index < -0.39 is 30.1 Å². The lowest BCUT2D eigenvalue weighted by Gasteiger charge is -2.31. The molecule has 0 saturated carbocycles. The summed E-state index contributed by atoms with van der Waals surface area (Å²) >= 11 is 0. The summed E-state index contributed by atoms with van der Waals surface area (Å²) in [6, 6.07) is 11.4. The zero-order valence-corrected chi connectivity index (χ0v) is 21.1. The summed E-state index contributed by atoms with van der Waals surface area (Å²) in [4.78, 5) is 54.1. The Balaban J connectivity index is 1.39. The Morgan fingerprint density at radius 1 is 0.973 bits per heavy atom. The van der Waals surface area contributed by atoms with Gasteiger partial charge in [-0.15, -0.1) is 0 Å². The summed E-state index contributed by atoms with van der Waals surface area (Å²) in [6.07, 6.45) is 2.92. The molecule has 5 rings (SSSR count). The molecule has 0 bridgehead atoms. The molecule has 3 aliphatic rings. The number of hydrogen-bond donors (Lipinski definition) is 3. The molecule has 3 N–H and O–H groups in total. The van der Waals surface area contributed by atoms with Crippen molar-refractivity contribution in [3.8, 4) is 0 Å². The third-order valence-electron chi connectivity index (χ3n) is 7.97. The van der Waals surface area contributed by atoms with Gasteiger partial charge in [0.05, 0.1) is 11.7 Å². The highest BCUT2D eigenvalue weighted by molar-refractivity contribution is 6.08. The standard InChI is InChI=1S/C28H32N4O5/c1-16(31(2)28(36)37)25(33)30-22-14-13-18-9-5-10-19-15-23(32(24(18)19)27(22)35)26(34)29-21-12-6-8-17-7-3-4-11-20(17)21/h3-5,7,9-11,16,21-23H,6,8,12-15H2,1-2H3,(H,29,34)(H,30,33)(H,36,37). The van der Waals surface area contributed by atoms with Gasteiger partial charge >= 0.3 is 6.09 Å². The lowest BCUT2D eigenvalue weighted by molar-refractivity contribution is -0.131. The quantitative estimate of drug-likeness (QED) is 0.578. The molecule has 2 aromatic rings. The van der Waals surface area contributed by atoms with Gasteiger partial charge in [-0.3, -0.25) is 24.2 Å². The van der Waals surface area contributed by atoms with Crippen LogP contribution < -0.4 is 15.5 Å². The molecule has 0 saturated heterocycles. The van der Waals surface area contributed by atoms with Crippen LogP contribution in [0.5, 0.6) is 0 Å². The number of carbonyl (C=O) groups is 4. The SMILES string of the molecule is CC(C(=O)NC1CCc2cccc3c2N(C1=O)C(C(=O)NC1CCCc2ccccc21)C3)N(C)C(=O)O. The number of fused-ring (bicyclic) bond motifs is 1. The molecule has 4 amide bonds. The van der Waals surface area contributed by atoms with Crippen LogP contribution in [0.4, 0.5) is 10.5 Å². The third kappa shape index (κ3) is 4.54. The number of carboxylic acid groups (broad SMARTS) is 1. The van der Waals surface area contributed by atoms with Crippen molar-refractivity contribution in [3.05, 3.63) is 64.7 Å². The van der Waals surface area contributed by atoms with Crippen LogP contribution in [0, 0.1) is 0 Å². The van der Waals surface area contributed by atoms with E-state index in [-0.39, 0.29) is 17.9 Å². The van der Waals surface area contributed by atoms with Crippen molar-refractivity contribution in [1.82, 2.24) is 15.5 Å². The fraction of sp³-hybridized carbons (Fsp3) is 0.429. The lowest BCUT2D eigenvalue weighted by Crippen LogP contribution is -2.57. The Kier molecular flexibility index (Phi) is 6.62. The molecule has 1 aliphatic carbocycles. The van der Waals surface area contributed by atoms with Crippen LogP contribution in [-0.4, -0.2) is 59.0 Å². The van der Waals surface area contributed by atoms with Gasteiger partial charge in [0.25, 0.3) is 0 Å². The van der Waals surface area contributed by atoms with Crippen molar-refractivity contribution in [2.24, 2.45) is 0 Å². The largest absolute Gasteiger partial charge is 0.465 e. The number of aryl methyl sites for hydroxylation is 2. The molecule has 0 fully saturated rings. The first-order valence-electron chi connectivity index (χ1n) is 12.8. The minimum atomic E-state index is -1.23. The fourth-order valence-electron chi connectivity index (χ4n) is 5.78. The van der Waals surface area contributed by atoms with Crippen LogP contribution in [-0.2, 0) is 33.6 Å². The van der Waals surface area contributed by atoms with Gasteiger partial charge in [-0.1, -0.05) is 42.5 Å². The van der Waals surface area contributed by atoms with Crippen LogP contribution in [0.15, 0.2) is 42.5 Å². The Morgan fingerprint density at radius 2 is 1.70 bits per heavy atom. The number of rotatable bonds is 5. The van der Waals surface area contributed by atoms with Crippen LogP contribution in [0.2, 0.25) is 0 Å². The van der Waals surface area contributed by atoms with Gasteiger partial charge in [-0.2, -0.15) is 0 Å². The van der Waals surface area contributed by atoms with Crippen molar-refractivity contribution in [2.75, 3.05) is 11.9 Å². The molecule has 2 aliphatic heterocycles. The van der Waals surface area contributed by atoms with Gasteiger partial charge in [0, 0.05) is 13.5 Å². The molecule has 2 aromatic carbocycles. The van der Waals surface area contributed by atoms with Crippen molar-refractivity contribution in [2.45, 2.75) is 69.6 Å². The number of nitrogens with zero attached hydrogens (tertiary/aromatic N) is 2. The molecule has 9 nitrogen and oxygen atoms in total. The highest BCUT2D eigenvalue weighted by Gasteiger charge is 2.44. The van der Waals surface area contributed by atoms with E-state index in [2.05, 4.69) is 22.8 Å². The normalized spacial score (nSPS) is 22.8. The Hall–Kier alpha value is -3.88. The maximum Gasteiger partial charge on any atom is 0.407 e. The highest BCUT2D eigenvalue weighted by Crippen LogP contribution is 2.39. The first kappa shape index (κ1) is 24.8. The zero-order valence-electron chi connectivity index (χ0n) is 21.1. The van der Waals surface area contributed by atoms with Crippen molar-refractivity contribution in [1.29, 1.82) is 0 Å². The van der Waals surface area contributed by atoms with Crippen molar-refractivity contribution >= 4 is 29.5 Å². The Morgan fingerprint density at radius 3 is 2.49 bits per heavy atom. The Labute approximate surface area is 215 Å². The second-order valence-corrected chi connectivity index (χ2v) is 10.2. The van der Waals surface area contributed by atoms with Crippen LogP contribution in [0.3, 0.4) is 0 Å². The monoisotopic (exact) mass is 504 g/mol. The summed E-state index contributed by atoms with van der Waals surface area (Å²) in [5, 5.41) is 15.2. The number of amides is 4. The minimum absolute atomic E-state index is 0.106. The molecule has 37 heavy (non-hydrogen) atoms. The summed E-state index contributed by atoms with van der Waals surface area (Å²) < 4.78 is 0. The minimum Gasteiger partial charge on any atom is -0.465 e. The van der Waals surface area contributed by atoms with Crippen molar-refractivity contribution in [3.63, 3.8) is 0 Å². The molecule has 194 valence electrons. The number of benzene rings is 2. The van der Waals surface area contributed by atoms with E-state index in [0.717, 1.165) is 46.5 Å². The third-order valence-corrected chi connectivity index (χ3v) is 7.97. The van der Waals surface area contributed by atoms with E-state index in [1.54, 1.807) is 4.90 Å². The van der Waals surface area contributed by atoms with E-state index in [1.165, 1.54) is 19.5 Å². The summed E-state index contributed by atoms with van der Waals surface area (Å²) in [6.45, 7) is 1.48. The second-order valence-electron chi connectivity index (χ2n) is 10.2. The molecular weight excluding hydrogens is 472 g/mol. The molecule has 0 aromatic heterocycles. The number of para-hydroxylation sites is 1. The fourth-order valence-corrected chi connectivity index (χ4v) is 5.78. The molecule has 0 spiro atoms. The van der Waals surface area contributed by atoms with Crippen LogP contribution in [0.25, 0.3) is 0 Å². The molecule has 0 radical (unpaired) electrons. The number of anilines is 1. The van der Waals surface area contributed by atoms with Gasteiger partial charge in [-0.05, 0) is 61.3 Å². The molecule has 4 unspecified atom stereocenters. The molecule has 4 atom stereocenters. The van der Waals surface area contributed by atoms with E-state index in [9.17, 15) is 24.3 Å². The highest BCUT2D eigenvalue weighted by atomic mass is 16.4. The maximum atomic E-state index is 13.8. The van der Waals surface area contributed by atoms with Gasteiger partial charge in [-0.25, -0.2) is 4.79 Å². The topological polar surface area (TPSA) is 119 Å². The molecule has 9 heteroatoms.